The third-order valence-corrected chi connectivity index (χ3v) is 8.00. The Labute approximate surface area is 187 Å². The molecule has 0 unspecified atom stereocenters. The molecule has 1 N–H and O–H groups in total. The second kappa shape index (κ2) is 9.55. The topological polar surface area (TPSA) is 110 Å². The van der Waals surface area contributed by atoms with Crippen molar-refractivity contribution in [1.82, 2.24) is 23.6 Å². The fourth-order valence-electron chi connectivity index (χ4n) is 4.23. The van der Waals surface area contributed by atoms with Crippen LogP contribution < -0.4 is 11.0 Å². The minimum Gasteiger partial charge on any atom is -0.324 e. The minimum atomic E-state index is -3.64. The number of likely N-dealkylation sites (N-methyl/N-ethyl adjacent to an activating group) is 1. The zero-order valence-corrected chi connectivity index (χ0v) is 19.2. The van der Waals surface area contributed by atoms with Crippen LogP contribution in [0.25, 0.3) is 0 Å². The van der Waals surface area contributed by atoms with Gasteiger partial charge >= 0.3 is 5.69 Å². The number of nitrogens with one attached hydrogen (secondary N) is 1. The van der Waals surface area contributed by atoms with E-state index in [-0.39, 0.29) is 17.1 Å². The Bertz CT molecular complexity index is 1130. The number of carbonyl (C=O) groups excluding carboxylic acids is 1. The van der Waals surface area contributed by atoms with Crippen molar-refractivity contribution in [2.24, 2.45) is 0 Å². The molecule has 11 heteroatoms. The Balaban J connectivity index is 1.44. The van der Waals surface area contributed by atoms with E-state index in [1.165, 1.54) is 21.1 Å². The highest BCUT2D eigenvalue weighted by atomic mass is 32.2. The first kappa shape index (κ1) is 22.7. The average molecular weight is 463 g/mol. The van der Waals surface area contributed by atoms with Gasteiger partial charge < -0.3 is 10.2 Å². The van der Waals surface area contributed by atoms with Crippen molar-refractivity contribution in [2.75, 3.05) is 38.0 Å². The van der Waals surface area contributed by atoms with Gasteiger partial charge in [0, 0.05) is 44.8 Å². The number of fused-ring (bicyclic) bond motifs is 1. The Kier molecular flexibility index (Phi) is 6.77. The molecule has 0 aliphatic carbocycles. The van der Waals surface area contributed by atoms with E-state index in [2.05, 4.69) is 22.2 Å². The summed E-state index contributed by atoms with van der Waals surface area (Å²) in [5, 5.41) is 7.03. The van der Waals surface area contributed by atoms with Crippen LogP contribution in [-0.2, 0) is 34.3 Å². The number of carbonyl (C=O) groups is 1. The van der Waals surface area contributed by atoms with E-state index in [1.54, 1.807) is 16.7 Å². The Hall–Kier alpha value is -2.50. The number of sulfonamides is 1. The van der Waals surface area contributed by atoms with E-state index >= 15 is 0 Å². The molecule has 10 nitrogen and oxygen atoms in total. The molecule has 32 heavy (non-hydrogen) atoms. The molecule has 0 bridgehead atoms. The Morgan fingerprint density at radius 3 is 2.62 bits per heavy atom. The average Bonchev–Trinajstić information content (AvgIpc) is 2.94. The van der Waals surface area contributed by atoms with Crippen LogP contribution in [0.4, 0.5) is 5.69 Å². The number of hydrogen-bond acceptors (Lipinski definition) is 6. The van der Waals surface area contributed by atoms with Crippen LogP contribution in [0.5, 0.6) is 0 Å². The highest BCUT2D eigenvalue weighted by molar-refractivity contribution is 7.89. The predicted octanol–water partition coefficient (Wildman–Crippen LogP) is 0.736. The van der Waals surface area contributed by atoms with Gasteiger partial charge in [-0.05, 0) is 37.6 Å². The van der Waals surface area contributed by atoms with Crippen LogP contribution in [0.1, 0.15) is 32.0 Å². The summed E-state index contributed by atoms with van der Waals surface area (Å²) >= 11 is 0. The maximum atomic E-state index is 13.0. The molecule has 0 atom stereocenters. The number of anilines is 1. The molecule has 1 amide bonds. The smallest absolute Gasteiger partial charge is 0.324 e. The summed E-state index contributed by atoms with van der Waals surface area (Å²) in [5.74, 6) is 0.294. The van der Waals surface area contributed by atoms with Gasteiger partial charge in [0.15, 0.2) is 0 Å². The van der Waals surface area contributed by atoms with Crippen LogP contribution in [0.3, 0.4) is 0 Å². The molecular formula is C21H30N6O4S. The fourth-order valence-corrected chi connectivity index (χ4v) is 5.70. The van der Waals surface area contributed by atoms with Crippen molar-refractivity contribution in [1.29, 1.82) is 0 Å². The number of hydrogen-bond donors (Lipinski definition) is 1. The number of nitrogens with zero attached hydrogens (tertiary/aromatic N) is 5. The van der Waals surface area contributed by atoms with Gasteiger partial charge in [0.2, 0.25) is 15.9 Å². The predicted molar refractivity (Wildman–Crippen MR) is 120 cm³/mol. The maximum absolute atomic E-state index is 13.0. The second-order valence-corrected chi connectivity index (χ2v) is 10.2. The second-order valence-electron chi connectivity index (χ2n) is 8.23. The molecule has 1 saturated heterocycles. The third kappa shape index (κ3) is 4.79. The van der Waals surface area contributed by atoms with Gasteiger partial charge in [-0.15, -0.1) is 0 Å². The Morgan fingerprint density at radius 2 is 1.88 bits per heavy atom. The van der Waals surface area contributed by atoms with Crippen molar-refractivity contribution >= 4 is 21.6 Å². The van der Waals surface area contributed by atoms with Crippen LogP contribution in [0, 0.1) is 0 Å². The molecule has 1 aromatic heterocycles. The quantitative estimate of drug-likeness (QED) is 0.678. The van der Waals surface area contributed by atoms with E-state index in [0.29, 0.717) is 38.4 Å². The van der Waals surface area contributed by atoms with Gasteiger partial charge in [-0.2, -0.15) is 9.40 Å². The molecule has 1 aromatic carbocycles. The van der Waals surface area contributed by atoms with E-state index in [0.717, 1.165) is 38.1 Å². The zero-order valence-electron chi connectivity index (χ0n) is 18.4. The summed E-state index contributed by atoms with van der Waals surface area (Å²) in [4.78, 5) is 27.5. The first-order valence-electron chi connectivity index (χ1n) is 11.2. The highest BCUT2D eigenvalue weighted by Crippen LogP contribution is 2.21. The maximum Gasteiger partial charge on any atom is 0.346 e. The zero-order chi connectivity index (χ0) is 22.7. The summed E-state index contributed by atoms with van der Waals surface area (Å²) < 4.78 is 30.4. The van der Waals surface area contributed by atoms with Gasteiger partial charge in [0.05, 0.1) is 4.90 Å². The van der Waals surface area contributed by atoms with E-state index < -0.39 is 15.9 Å². The normalized spacial score (nSPS) is 18.2. The largest absolute Gasteiger partial charge is 0.346 e. The van der Waals surface area contributed by atoms with Crippen molar-refractivity contribution in [3.05, 3.63) is 40.6 Å². The van der Waals surface area contributed by atoms with E-state index in [9.17, 15) is 18.0 Å². The van der Waals surface area contributed by atoms with Crippen molar-refractivity contribution in [2.45, 2.75) is 50.6 Å². The van der Waals surface area contributed by atoms with Crippen molar-refractivity contribution in [3.8, 4) is 0 Å². The molecule has 2 aliphatic rings. The molecule has 1 fully saturated rings. The highest BCUT2D eigenvalue weighted by Gasteiger charge is 2.28. The summed E-state index contributed by atoms with van der Waals surface area (Å²) in [7, 11) is -3.64. The molecular weight excluding hydrogens is 432 g/mol. The lowest BCUT2D eigenvalue weighted by Crippen LogP contribution is -2.48. The summed E-state index contributed by atoms with van der Waals surface area (Å²) in [6.45, 7) is 5.67. The van der Waals surface area contributed by atoms with Crippen LogP contribution >= 0.6 is 0 Å². The molecule has 4 rings (SSSR count). The molecule has 2 aromatic rings. The lowest BCUT2D eigenvalue weighted by Gasteiger charge is -2.33. The Morgan fingerprint density at radius 1 is 1.09 bits per heavy atom. The monoisotopic (exact) mass is 462 g/mol. The lowest BCUT2D eigenvalue weighted by molar-refractivity contribution is -0.117. The van der Waals surface area contributed by atoms with Gasteiger partial charge in [-0.1, -0.05) is 19.4 Å². The van der Waals surface area contributed by atoms with Gasteiger partial charge in [-0.3, -0.25) is 9.36 Å². The van der Waals surface area contributed by atoms with Crippen LogP contribution in [0.15, 0.2) is 34.0 Å². The summed E-state index contributed by atoms with van der Waals surface area (Å²) in [6.07, 6.45) is 3.71. The molecule has 0 spiro atoms. The SMILES string of the molecule is CCN1CCN(S(=O)(=O)c2cccc(NC(=O)Cn3nc4n(c3=O)CCCCC4)c2)CC1. The number of aromatic nitrogens is 3. The van der Waals surface area contributed by atoms with Crippen LogP contribution in [0.2, 0.25) is 0 Å². The molecule has 2 aliphatic heterocycles. The van der Waals surface area contributed by atoms with E-state index in [4.69, 9.17) is 0 Å². The van der Waals surface area contributed by atoms with Crippen LogP contribution in [-0.4, -0.2) is 70.6 Å². The number of piperazine rings is 1. The lowest BCUT2D eigenvalue weighted by atomic mass is 10.2. The third-order valence-electron chi connectivity index (χ3n) is 6.11. The molecule has 174 valence electrons. The summed E-state index contributed by atoms with van der Waals surface area (Å²) in [6, 6.07) is 6.24. The standard InChI is InChI=1S/C21H30N6O4S/c1-2-24-11-13-25(14-12-24)32(30,31)18-8-6-7-17(15-18)22-20(28)16-27-21(29)26-10-5-3-4-9-19(26)23-27/h6-8,15H,2-5,9-14,16H2,1H3,(H,22,28). The van der Waals surface area contributed by atoms with Crippen molar-refractivity contribution in [3.63, 3.8) is 0 Å². The summed E-state index contributed by atoms with van der Waals surface area (Å²) in [5.41, 5.74) is 0.0942. The molecule has 3 heterocycles. The number of aryl methyl sites for hydroxylation is 1. The first-order chi connectivity index (χ1) is 15.4. The number of benzene rings is 1. The van der Waals surface area contributed by atoms with Crippen molar-refractivity contribution < 1.29 is 13.2 Å². The number of amides is 1. The van der Waals surface area contributed by atoms with Gasteiger partial charge in [-0.25, -0.2) is 17.9 Å². The molecule has 0 saturated carbocycles. The minimum absolute atomic E-state index is 0.145. The van der Waals surface area contributed by atoms with Gasteiger partial charge in [0.1, 0.15) is 12.4 Å². The van der Waals surface area contributed by atoms with Gasteiger partial charge in [0.25, 0.3) is 0 Å². The fraction of sp³-hybridized carbons (Fsp3) is 0.571. The first-order valence-corrected chi connectivity index (χ1v) is 12.6. The molecule has 0 radical (unpaired) electrons. The van der Waals surface area contributed by atoms with E-state index in [1.807, 2.05) is 0 Å². The number of rotatable bonds is 6.